The highest BCUT2D eigenvalue weighted by Gasteiger charge is 2.26. The molecule has 1 aliphatic rings. The van der Waals surface area contributed by atoms with Crippen LogP contribution in [0.15, 0.2) is 54.6 Å². The Kier molecular flexibility index (Phi) is 4.42. The summed E-state index contributed by atoms with van der Waals surface area (Å²) >= 11 is 0. The third-order valence-electron chi connectivity index (χ3n) is 4.15. The fourth-order valence-electron chi connectivity index (χ4n) is 3.10. The zero-order valence-electron chi connectivity index (χ0n) is 12.9. The quantitative estimate of drug-likeness (QED) is 0.792. The lowest BCUT2D eigenvalue weighted by Gasteiger charge is -2.27. The Morgan fingerprint density at radius 2 is 1.86 bits per heavy atom. The molecule has 114 valence electrons. The molecule has 0 amide bonds. The summed E-state index contributed by atoms with van der Waals surface area (Å²) < 4.78 is 5.03. The summed E-state index contributed by atoms with van der Waals surface area (Å²) in [7, 11) is 0. The Morgan fingerprint density at radius 1 is 1.14 bits per heavy atom. The Bertz CT molecular complexity index is 622. The zero-order valence-corrected chi connectivity index (χ0v) is 12.9. The molecule has 0 saturated carbocycles. The van der Waals surface area contributed by atoms with Crippen LogP contribution in [-0.2, 0) is 4.74 Å². The van der Waals surface area contributed by atoms with Crippen molar-refractivity contribution in [3.63, 3.8) is 0 Å². The molecule has 1 atom stereocenters. The van der Waals surface area contributed by atoms with Gasteiger partial charge in [-0.15, -0.1) is 0 Å². The lowest BCUT2D eigenvalue weighted by molar-refractivity contribution is 0.0526. The van der Waals surface area contributed by atoms with E-state index in [1.165, 1.54) is 17.7 Å². The van der Waals surface area contributed by atoms with Gasteiger partial charge >= 0.3 is 5.97 Å². The van der Waals surface area contributed by atoms with E-state index >= 15 is 0 Å². The van der Waals surface area contributed by atoms with Gasteiger partial charge in [0.1, 0.15) is 0 Å². The van der Waals surface area contributed by atoms with Crippen LogP contribution in [0.25, 0.3) is 0 Å². The van der Waals surface area contributed by atoms with Crippen molar-refractivity contribution in [1.82, 2.24) is 0 Å². The number of nitrogens with zero attached hydrogens (tertiary/aromatic N) is 1. The van der Waals surface area contributed by atoms with E-state index in [9.17, 15) is 4.79 Å². The molecule has 2 aromatic carbocycles. The first-order chi connectivity index (χ1) is 10.8. The molecule has 22 heavy (non-hydrogen) atoms. The van der Waals surface area contributed by atoms with Crippen molar-refractivity contribution in [3.05, 3.63) is 65.7 Å². The molecule has 3 rings (SSSR count). The summed E-state index contributed by atoms with van der Waals surface area (Å²) in [5, 5.41) is 0. The Morgan fingerprint density at radius 3 is 2.55 bits per heavy atom. The molecule has 0 aliphatic carbocycles. The van der Waals surface area contributed by atoms with Gasteiger partial charge in [0.15, 0.2) is 0 Å². The van der Waals surface area contributed by atoms with Crippen molar-refractivity contribution in [3.8, 4) is 0 Å². The highest BCUT2D eigenvalue weighted by Crippen LogP contribution is 2.35. The van der Waals surface area contributed by atoms with E-state index in [0.717, 1.165) is 13.0 Å². The number of anilines is 1. The molecular formula is C19H21NO2. The average molecular weight is 295 g/mol. The predicted molar refractivity (Wildman–Crippen MR) is 88.2 cm³/mol. The fraction of sp³-hybridized carbons (Fsp3) is 0.316. The number of benzene rings is 2. The minimum absolute atomic E-state index is 0.250. The summed E-state index contributed by atoms with van der Waals surface area (Å²) in [6, 6.07) is 18.8. The van der Waals surface area contributed by atoms with Crippen LogP contribution in [0.4, 0.5) is 5.69 Å². The van der Waals surface area contributed by atoms with Gasteiger partial charge in [-0.05, 0) is 49.6 Å². The monoisotopic (exact) mass is 295 g/mol. The van der Waals surface area contributed by atoms with Crippen LogP contribution in [0.2, 0.25) is 0 Å². The highest BCUT2D eigenvalue weighted by molar-refractivity contribution is 5.89. The number of para-hydroxylation sites is 1. The number of hydrogen-bond acceptors (Lipinski definition) is 3. The van der Waals surface area contributed by atoms with E-state index in [2.05, 4.69) is 41.3 Å². The summed E-state index contributed by atoms with van der Waals surface area (Å²) in [6.45, 7) is 3.31. The Balaban J connectivity index is 1.80. The van der Waals surface area contributed by atoms with E-state index in [1.54, 1.807) is 0 Å². The molecule has 2 aromatic rings. The molecule has 0 radical (unpaired) electrons. The standard InChI is InChI=1S/C19H21NO2/c1-2-22-19(21)16-12-10-15(11-13-16)18-9-6-14-20(18)17-7-4-3-5-8-17/h3-5,7-8,10-13,18H,2,6,9,14H2,1H3. The van der Waals surface area contributed by atoms with Gasteiger partial charge in [0.25, 0.3) is 0 Å². The van der Waals surface area contributed by atoms with E-state index in [4.69, 9.17) is 4.74 Å². The Hall–Kier alpha value is -2.29. The minimum Gasteiger partial charge on any atom is -0.462 e. The van der Waals surface area contributed by atoms with Crippen LogP contribution in [0, 0.1) is 0 Å². The average Bonchev–Trinajstić information content (AvgIpc) is 3.06. The van der Waals surface area contributed by atoms with E-state index in [1.807, 2.05) is 25.1 Å². The molecule has 0 aromatic heterocycles. The molecule has 1 unspecified atom stereocenters. The number of ether oxygens (including phenoxy) is 1. The second-order valence-corrected chi connectivity index (χ2v) is 5.53. The van der Waals surface area contributed by atoms with Gasteiger partial charge in [-0.2, -0.15) is 0 Å². The predicted octanol–water partition coefficient (Wildman–Crippen LogP) is 4.20. The van der Waals surface area contributed by atoms with E-state index < -0.39 is 0 Å². The van der Waals surface area contributed by atoms with E-state index in [-0.39, 0.29) is 5.97 Å². The first kappa shape index (κ1) is 14.6. The second-order valence-electron chi connectivity index (χ2n) is 5.53. The van der Waals surface area contributed by atoms with Crippen LogP contribution in [0.5, 0.6) is 0 Å². The fourth-order valence-corrected chi connectivity index (χ4v) is 3.10. The molecule has 0 N–H and O–H groups in total. The first-order valence-electron chi connectivity index (χ1n) is 7.88. The molecular weight excluding hydrogens is 274 g/mol. The van der Waals surface area contributed by atoms with Crippen molar-refractivity contribution in [1.29, 1.82) is 0 Å². The van der Waals surface area contributed by atoms with Crippen LogP contribution >= 0.6 is 0 Å². The van der Waals surface area contributed by atoms with Crippen molar-refractivity contribution in [2.75, 3.05) is 18.1 Å². The van der Waals surface area contributed by atoms with Crippen LogP contribution < -0.4 is 4.90 Å². The zero-order chi connectivity index (χ0) is 15.4. The van der Waals surface area contributed by atoms with Gasteiger partial charge in [-0.25, -0.2) is 4.79 Å². The normalized spacial score (nSPS) is 17.5. The van der Waals surface area contributed by atoms with Crippen LogP contribution in [-0.4, -0.2) is 19.1 Å². The molecule has 1 heterocycles. The van der Waals surface area contributed by atoms with Crippen molar-refractivity contribution >= 4 is 11.7 Å². The Labute approximate surface area is 131 Å². The summed E-state index contributed by atoms with van der Waals surface area (Å²) in [5.41, 5.74) is 3.14. The van der Waals surface area contributed by atoms with Gasteiger partial charge in [0.05, 0.1) is 18.2 Å². The van der Waals surface area contributed by atoms with Gasteiger partial charge in [-0.3, -0.25) is 0 Å². The van der Waals surface area contributed by atoms with Crippen molar-refractivity contribution in [2.24, 2.45) is 0 Å². The number of carbonyl (C=O) groups excluding carboxylic acids is 1. The maximum absolute atomic E-state index is 11.7. The number of hydrogen-bond donors (Lipinski definition) is 0. The SMILES string of the molecule is CCOC(=O)c1ccc(C2CCCN2c2ccccc2)cc1. The maximum Gasteiger partial charge on any atom is 0.338 e. The van der Waals surface area contributed by atoms with Gasteiger partial charge < -0.3 is 9.64 Å². The third kappa shape index (κ3) is 2.98. The topological polar surface area (TPSA) is 29.5 Å². The van der Waals surface area contributed by atoms with Gasteiger partial charge in [-0.1, -0.05) is 30.3 Å². The van der Waals surface area contributed by atoms with Crippen LogP contribution in [0.3, 0.4) is 0 Å². The van der Waals surface area contributed by atoms with Gasteiger partial charge in [0.2, 0.25) is 0 Å². The summed E-state index contributed by atoms with van der Waals surface area (Å²) in [5.74, 6) is -0.250. The molecule has 1 fully saturated rings. The molecule has 0 bridgehead atoms. The number of rotatable bonds is 4. The molecule has 3 heteroatoms. The minimum atomic E-state index is -0.250. The second kappa shape index (κ2) is 6.65. The molecule has 0 spiro atoms. The highest BCUT2D eigenvalue weighted by atomic mass is 16.5. The molecule has 1 aliphatic heterocycles. The van der Waals surface area contributed by atoms with Crippen molar-refractivity contribution in [2.45, 2.75) is 25.8 Å². The first-order valence-corrected chi connectivity index (χ1v) is 7.88. The van der Waals surface area contributed by atoms with E-state index in [0.29, 0.717) is 18.2 Å². The largest absolute Gasteiger partial charge is 0.462 e. The smallest absolute Gasteiger partial charge is 0.338 e. The molecule has 1 saturated heterocycles. The van der Waals surface area contributed by atoms with Gasteiger partial charge in [0, 0.05) is 12.2 Å². The van der Waals surface area contributed by atoms with Crippen LogP contribution in [0.1, 0.15) is 41.7 Å². The third-order valence-corrected chi connectivity index (χ3v) is 4.15. The number of carbonyl (C=O) groups is 1. The molecule has 3 nitrogen and oxygen atoms in total. The maximum atomic E-state index is 11.7. The lowest BCUT2D eigenvalue weighted by Crippen LogP contribution is -2.22. The lowest BCUT2D eigenvalue weighted by atomic mass is 10.0. The summed E-state index contributed by atoms with van der Waals surface area (Å²) in [4.78, 5) is 14.2. The summed E-state index contributed by atoms with van der Waals surface area (Å²) in [6.07, 6.45) is 2.34. The van der Waals surface area contributed by atoms with Crippen molar-refractivity contribution < 1.29 is 9.53 Å². The number of esters is 1.